The molecule has 0 aromatic rings. The van der Waals surface area contributed by atoms with Gasteiger partial charge in [-0.3, -0.25) is 4.79 Å². The Balaban J connectivity index is 0. The molecule has 6 nitrogen and oxygen atoms in total. The molecule has 0 aromatic carbocycles. The molecule has 0 aromatic heterocycles. The normalized spacial score (nSPS) is 7.54. The number of aliphatic hydroxyl groups excluding tert-OH is 1. The van der Waals surface area contributed by atoms with E-state index in [0.717, 1.165) is 6.26 Å². The van der Waals surface area contributed by atoms with E-state index < -0.39 is 6.16 Å². The van der Waals surface area contributed by atoms with Crippen LogP contribution in [0.1, 0.15) is 6.92 Å². The number of aliphatic hydroxyl groups is 1. The Kier molecular flexibility index (Phi) is 11.2. The van der Waals surface area contributed by atoms with Gasteiger partial charge in [0.25, 0.3) is 0 Å². The van der Waals surface area contributed by atoms with Gasteiger partial charge in [0.05, 0.1) is 12.9 Å². The molecule has 0 bridgehead atoms. The molecule has 0 heterocycles. The lowest BCUT2D eigenvalue weighted by atomic mass is 10.8. The van der Waals surface area contributed by atoms with Gasteiger partial charge in [-0.1, -0.05) is 6.58 Å². The summed E-state index contributed by atoms with van der Waals surface area (Å²) in [5.74, 6) is -0.329. The first-order chi connectivity index (χ1) is 6.04. The second kappa shape index (κ2) is 10.4. The molecule has 0 unspecified atom stereocenters. The molecule has 0 saturated heterocycles. The third-order valence-corrected chi connectivity index (χ3v) is 0.566. The number of rotatable bonds is 3. The van der Waals surface area contributed by atoms with E-state index in [0.29, 0.717) is 0 Å². The number of carbonyl (C=O) groups excluding carboxylic acids is 1. The van der Waals surface area contributed by atoms with Crippen LogP contribution >= 0.6 is 0 Å². The number of carboxylic acid groups (broad SMARTS) is 1. The molecule has 0 saturated carbocycles. The standard InChI is InChI=1S/C4H6O2.C3H6O4/c1-3-6-4(2)5;4-1-2-7-3(5)6/h3H,1H2,2H3;4H,1-2H2,(H,5,6). The minimum Gasteiger partial charge on any atom is -0.450 e. The Bertz CT molecular complexity index is 164. The summed E-state index contributed by atoms with van der Waals surface area (Å²) in [6, 6.07) is 0. The van der Waals surface area contributed by atoms with E-state index >= 15 is 0 Å². The van der Waals surface area contributed by atoms with Crippen molar-refractivity contribution in [1.29, 1.82) is 0 Å². The molecule has 0 amide bonds. The zero-order chi connectivity index (χ0) is 10.7. The molecule has 0 atom stereocenters. The van der Waals surface area contributed by atoms with Gasteiger partial charge in [0, 0.05) is 6.92 Å². The van der Waals surface area contributed by atoms with E-state index in [4.69, 9.17) is 10.2 Å². The molecule has 0 spiro atoms. The summed E-state index contributed by atoms with van der Waals surface area (Å²) in [4.78, 5) is 19.2. The zero-order valence-electron chi connectivity index (χ0n) is 7.23. The summed E-state index contributed by atoms with van der Waals surface area (Å²) in [5, 5.41) is 15.6. The van der Waals surface area contributed by atoms with Crippen LogP contribution in [0.5, 0.6) is 0 Å². The van der Waals surface area contributed by atoms with E-state index in [1.54, 1.807) is 0 Å². The second-order valence-electron chi connectivity index (χ2n) is 1.61. The maximum absolute atomic E-state index is 9.75. The lowest BCUT2D eigenvalue weighted by Gasteiger charge is -1.91. The summed E-state index contributed by atoms with van der Waals surface area (Å²) < 4.78 is 8.02. The van der Waals surface area contributed by atoms with Crippen molar-refractivity contribution in [2.75, 3.05) is 13.2 Å². The highest BCUT2D eigenvalue weighted by Gasteiger charge is 1.90. The molecule has 0 fully saturated rings. The van der Waals surface area contributed by atoms with Crippen molar-refractivity contribution in [3.63, 3.8) is 0 Å². The van der Waals surface area contributed by atoms with E-state index in [9.17, 15) is 9.59 Å². The third-order valence-electron chi connectivity index (χ3n) is 0.566. The van der Waals surface area contributed by atoms with E-state index in [1.807, 2.05) is 0 Å². The van der Waals surface area contributed by atoms with Crippen LogP contribution < -0.4 is 0 Å². The van der Waals surface area contributed by atoms with Crippen LogP contribution in [0, 0.1) is 0 Å². The summed E-state index contributed by atoms with van der Waals surface area (Å²) >= 11 is 0. The highest BCUT2D eigenvalue weighted by atomic mass is 16.7. The molecule has 0 radical (unpaired) electrons. The first kappa shape index (κ1) is 14.0. The molecule has 0 aliphatic carbocycles. The van der Waals surface area contributed by atoms with Gasteiger partial charge in [-0.25, -0.2) is 4.79 Å². The molecule has 76 valence electrons. The number of esters is 1. The van der Waals surface area contributed by atoms with Gasteiger partial charge in [-0.2, -0.15) is 0 Å². The topological polar surface area (TPSA) is 93.1 Å². The first-order valence-corrected chi connectivity index (χ1v) is 3.29. The maximum Gasteiger partial charge on any atom is 0.505 e. The number of carbonyl (C=O) groups is 2. The van der Waals surface area contributed by atoms with Gasteiger partial charge in [0.1, 0.15) is 6.61 Å². The fraction of sp³-hybridized carbons (Fsp3) is 0.429. The Morgan fingerprint density at radius 3 is 2.15 bits per heavy atom. The van der Waals surface area contributed by atoms with Crippen molar-refractivity contribution >= 4 is 12.1 Å². The van der Waals surface area contributed by atoms with Crippen molar-refractivity contribution in [2.45, 2.75) is 6.92 Å². The van der Waals surface area contributed by atoms with Crippen LogP contribution in [-0.2, 0) is 14.3 Å². The summed E-state index contributed by atoms with van der Waals surface area (Å²) in [5.41, 5.74) is 0. The number of hydrogen-bond acceptors (Lipinski definition) is 5. The molecule has 2 N–H and O–H groups in total. The smallest absolute Gasteiger partial charge is 0.450 e. The summed E-state index contributed by atoms with van der Waals surface area (Å²) in [6.07, 6.45) is -0.253. The molecule has 6 heteroatoms. The van der Waals surface area contributed by atoms with Gasteiger partial charge < -0.3 is 19.7 Å². The van der Waals surface area contributed by atoms with Crippen LogP contribution in [0.3, 0.4) is 0 Å². The van der Waals surface area contributed by atoms with Gasteiger partial charge in [-0.05, 0) is 0 Å². The fourth-order valence-corrected chi connectivity index (χ4v) is 0.250. The monoisotopic (exact) mass is 192 g/mol. The average molecular weight is 192 g/mol. The van der Waals surface area contributed by atoms with Crippen LogP contribution in [0.15, 0.2) is 12.8 Å². The fourth-order valence-electron chi connectivity index (χ4n) is 0.250. The molecule has 0 aliphatic rings. The van der Waals surface area contributed by atoms with Crippen molar-refractivity contribution < 1.29 is 29.3 Å². The second-order valence-corrected chi connectivity index (χ2v) is 1.61. The van der Waals surface area contributed by atoms with E-state index in [-0.39, 0.29) is 19.2 Å². The predicted octanol–water partition coefficient (Wildman–Crippen LogP) is 0.366. The predicted molar refractivity (Wildman–Crippen MR) is 43.0 cm³/mol. The molecular weight excluding hydrogens is 180 g/mol. The Labute approximate surface area is 75.4 Å². The van der Waals surface area contributed by atoms with Crippen molar-refractivity contribution in [1.82, 2.24) is 0 Å². The molecule has 13 heavy (non-hydrogen) atoms. The van der Waals surface area contributed by atoms with Crippen molar-refractivity contribution in [2.24, 2.45) is 0 Å². The lowest BCUT2D eigenvalue weighted by molar-refractivity contribution is -0.135. The van der Waals surface area contributed by atoms with Crippen LogP contribution in [0.25, 0.3) is 0 Å². The van der Waals surface area contributed by atoms with E-state index in [2.05, 4.69) is 16.1 Å². The summed E-state index contributed by atoms with van der Waals surface area (Å²) in [6.45, 7) is 4.08. The largest absolute Gasteiger partial charge is 0.505 e. The Morgan fingerprint density at radius 2 is 2.08 bits per heavy atom. The van der Waals surface area contributed by atoms with Gasteiger partial charge in [0.15, 0.2) is 0 Å². The van der Waals surface area contributed by atoms with Gasteiger partial charge in [-0.15, -0.1) is 0 Å². The summed E-state index contributed by atoms with van der Waals surface area (Å²) in [7, 11) is 0. The zero-order valence-corrected chi connectivity index (χ0v) is 7.23. The maximum atomic E-state index is 9.75. The number of ether oxygens (including phenoxy) is 2. The first-order valence-electron chi connectivity index (χ1n) is 3.29. The SMILES string of the molecule is C=COC(C)=O.O=C(O)OCCO. The Hall–Kier alpha value is -1.56. The highest BCUT2D eigenvalue weighted by molar-refractivity contribution is 5.66. The van der Waals surface area contributed by atoms with Crippen LogP contribution in [0.2, 0.25) is 0 Å². The minimum atomic E-state index is -1.35. The quantitative estimate of drug-likeness (QED) is 0.495. The van der Waals surface area contributed by atoms with Crippen LogP contribution in [0.4, 0.5) is 4.79 Å². The van der Waals surface area contributed by atoms with E-state index in [1.165, 1.54) is 6.92 Å². The van der Waals surface area contributed by atoms with Crippen molar-refractivity contribution in [3.05, 3.63) is 12.8 Å². The van der Waals surface area contributed by atoms with Gasteiger partial charge in [0.2, 0.25) is 0 Å². The highest BCUT2D eigenvalue weighted by Crippen LogP contribution is 1.71. The Morgan fingerprint density at radius 1 is 1.54 bits per heavy atom. The molecule has 0 aliphatic heterocycles. The molecular formula is C7H12O6. The molecule has 0 rings (SSSR count). The van der Waals surface area contributed by atoms with Gasteiger partial charge >= 0.3 is 12.1 Å². The lowest BCUT2D eigenvalue weighted by Crippen LogP contribution is -2.04. The number of hydrogen-bond donors (Lipinski definition) is 2. The third kappa shape index (κ3) is 25.1. The van der Waals surface area contributed by atoms with Crippen LogP contribution in [-0.4, -0.2) is 35.6 Å². The van der Waals surface area contributed by atoms with Crippen molar-refractivity contribution in [3.8, 4) is 0 Å². The average Bonchev–Trinajstić information content (AvgIpc) is 2.01. The minimum absolute atomic E-state index is 0.144.